The number of carboxylic acids is 1. The monoisotopic (exact) mass is 279 g/mol. The van der Waals surface area contributed by atoms with Gasteiger partial charge in [-0.25, -0.2) is 9.18 Å². The molecule has 0 aliphatic carbocycles. The van der Waals surface area contributed by atoms with Crippen LogP contribution in [0.2, 0.25) is 0 Å². The number of carbonyl (C=O) groups excluding carboxylic acids is 1. The lowest BCUT2D eigenvalue weighted by Gasteiger charge is -2.10. The summed E-state index contributed by atoms with van der Waals surface area (Å²) in [6.07, 6.45) is 0.245. The Labute approximate surface area is 114 Å². The number of carboxylic acid groups (broad SMARTS) is 1. The number of rotatable bonds is 4. The fourth-order valence-electron chi connectivity index (χ4n) is 1.99. The minimum Gasteiger partial charge on any atom is -0.480 e. The summed E-state index contributed by atoms with van der Waals surface area (Å²) in [6.45, 7) is 3.27. The van der Waals surface area contributed by atoms with E-state index < -0.39 is 23.7 Å². The highest BCUT2D eigenvalue weighted by atomic mass is 19.1. The Morgan fingerprint density at radius 3 is 2.70 bits per heavy atom. The first kappa shape index (κ1) is 14.0. The molecule has 1 aromatic carbocycles. The van der Waals surface area contributed by atoms with Gasteiger partial charge in [0, 0.05) is 10.9 Å². The maximum Gasteiger partial charge on any atom is 0.326 e. The standard InChI is InChI=1S/C14H14FNO4/c1-3-10(14(18)19)16-13(17)11-7(2)8-5-4-6-9(15)12(8)20-11/h4-6,10H,3H2,1-2H3,(H,16,17)(H,18,19). The topological polar surface area (TPSA) is 79.5 Å². The minimum absolute atomic E-state index is 0.00137. The van der Waals surface area contributed by atoms with E-state index in [1.54, 1.807) is 19.9 Å². The van der Waals surface area contributed by atoms with Crippen LogP contribution in [-0.2, 0) is 4.79 Å². The summed E-state index contributed by atoms with van der Waals surface area (Å²) in [5.74, 6) is -2.41. The van der Waals surface area contributed by atoms with Crippen molar-refractivity contribution in [3.8, 4) is 0 Å². The number of hydrogen-bond donors (Lipinski definition) is 2. The third-order valence-corrected chi connectivity index (χ3v) is 3.13. The molecular weight excluding hydrogens is 265 g/mol. The van der Waals surface area contributed by atoms with Gasteiger partial charge in [-0.3, -0.25) is 4.79 Å². The molecule has 5 nitrogen and oxygen atoms in total. The van der Waals surface area contributed by atoms with Crippen LogP contribution in [0.5, 0.6) is 0 Å². The fraction of sp³-hybridized carbons (Fsp3) is 0.286. The molecule has 0 saturated heterocycles. The Balaban J connectivity index is 2.38. The van der Waals surface area contributed by atoms with E-state index in [0.29, 0.717) is 10.9 Å². The molecular formula is C14H14FNO4. The largest absolute Gasteiger partial charge is 0.480 e. The second-order valence-corrected chi connectivity index (χ2v) is 4.45. The Morgan fingerprint density at radius 1 is 1.45 bits per heavy atom. The lowest BCUT2D eigenvalue weighted by atomic mass is 10.1. The van der Waals surface area contributed by atoms with E-state index in [1.165, 1.54) is 12.1 Å². The van der Waals surface area contributed by atoms with Crippen LogP contribution in [0.3, 0.4) is 0 Å². The van der Waals surface area contributed by atoms with Crippen LogP contribution >= 0.6 is 0 Å². The number of hydrogen-bond acceptors (Lipinski definition) is 3. The van der Waals surface area contributed by atoms with E-state index in [9.17, 15) is 14.0 Å². The number of halogens is 1. The smallest absolute Gasteiger partial charge is 0.326 e. The Bertz CT molecular complexity index is 677. The summed E-state index contributed by atoms with van der Waals surface area (Å²) < 4.78 is 18.8. The molecule has 106 valence electrons. The van der Waals surface area contributed by atoms with Crippen LogP contribution < -0.4 is 5.32 Å². The van der Waals surface area contributed by atoms with Gasteiger partial charge in [0.25, 0.3) is 5.91 Å². The van der Waals surface area contributed by atoms with Crippen molar-refractivity contribution in [1.82, 2.24) is 5.32 Å². The van der Waals surface area contributed by atoms with Gasteiger partial charge in [-0.05, 0) is 19.4 Å². The van der Waals surface area contributed by atoms with Gasteiger partial charge in [0.2, 0.25) is 0 Å². The normalized spacial score (nSPS) is 12.3. The van der Waals surface area contributed by atoms with Crippen LogP contribution in [0.4, 0.5) is 4.39 Å². The van der Waals surface area contributed by atoms with Crippen LogP contribution in [0.15, 0.2) is 22.6 Å². The maximum absolute atomic E-state index is 13.6. The van der Waals surface area contributed by atoms with Gasteiger partial charge in [-0.2, -0.15) is 0 Å². The molecule has 0 aliphatic rings. The molecule has 0 saturated carbocycles. The van der Waals surface area contributed by atoms with Crippen molar-refractivity contribution in [2.75, 3.05) is 0 Å². The molecule has 0 spiro atoms. The fourth-order valence-corrected chi connectivity index (χ4v) is 1.99. The number of fused-ring (bicyclic) bond motifs is 1. The van der Waals surface area contributed by atoms with Crippen LogP contribution in [0.1, 0.15) is 29.5 Å². The van der Waals surface area contributed by atoms with E-state index in [2.05, 4.69) is 5.32 Å². The highest BCUT2D eigenvalue weighted by Gasteiger charge is 2.24. The zero-order valence-electron chi connectivity index (χ0n) is 11.1. The molecule has 1 unspecified atom stereocenters. The van der Waals surface area contributed by atoms with Gasteiger partial charge < -0.3 is 14.8 Å². The molecule has 6 heteroatoms. The summed E-state index contributed by atoms with van der Waals surface area (Å²) in [7, 11) is 0. The molecule has 0 radical (unpaired) electrons. The van der Waals surface area contributed by atoms with E-state index in [1.807, 2.05) is 0 Å². The van der Waals surface area contributed by atoms with Crippen molar-refractivity contribution in [3.63, 3.8) is 0 Å². The van der Waals surface area contributed by atoms with Gasteiger partial charge in [0.15, 0.2) is 17.2 Å². The van der Waals surface area contributed by atoms with Gasteiger partial charge in [0.05, 0.1) is 0 Å². The zero-order chi connectivity index (χ0) is 14.9. The third kappa shape index (κ3) is 2.36. The van der Waals surface area contributed by atoms with E-state index >= 15 is 0 Å². The number of furan rings is 1. The van der Waals surface area contributed by atoms with Crippen molar-refractivity contribution >= 4 is 22.8 Å². The lowest BCUT2D eigenvalue weighted by molar-refractivity contribution is -0.139. The highest BCUT2D eigenvalue weighted by molar-refractivity contribution is 6.00. The first-order valence-electron chi connectivity index (χ1n) is 6.17. The minimum atomic E-state index is -1.12. The molecule has 1 amide bonds. The van der Waals surface area contributed by atoms with E-state index in [-0.39, 0.29) is 17.8 Å². The molecule has 20 heavy (non-hydrogen) atoms. The SMILES string of the molecule is CCC(NC(=O)c1oc2c(F)cccc2c1C)C(=O)O. The lowest BCUT2D eigenvalue weighted by Crippen LogP contribution is -2.40. The average molecular weight is 279 g/mol. The number of carbonyl (C=O) groups is 2. The van der Waals surface area contributed by atoms with Crippen molar-refractivity contribution < 1.29 is 23.5 Å². The number of nitrogens with one attached hydrogen (secondary N) is 1. The first-order chi connectivity index (χ1) is 9.45. The summed E-state index contributed by atoms with van der Waals surface area (Å²) in [6, 6.07) is 3.40. The molecule has 2 rings (SSSR count). The van der Waals surface area contributed by atoms with Crippen LogP contribution in [-0.4, -0.2) is 23.0 Å². The van der Waals surface area contributed by atoms with Crippen molar-refractivity contribution in [2.45, 2.75) is 26.3 Å². The maximum atomic E-state index is 13.6. The molecule has 1 aromatic heterocycles. The van der Waals surface area contributed by atoms with Gasteiger partial charge >= 0.3 is 5.97 Å². The summed E-state index contributed by atoms with van der Waals surface area (Å²) >= 11 is 0. The second-order valence-electron chi connectivity index (χ2n) is 4.45. The number of amides is 1. The summed E-state index contributed by atoms with van der Waals surface area (Å²) in [5, 5.41) is 11.8. The molecule has 2 aromatic rings. The number of aryl methyl sites for hydroxylation is 1. The quantitative estimate of drug-likeness (QED) is 0.901. The van der Waals surface area contributed by atoms with Crippen molar-refractivity contribution in [3.05, 3.63) is 35.3 Å². The molecule has 2 N–H and O–H groups in total. The van der Waals surface area contributed by atoms with Crippen molar-refractivity contribution in [1.29, 1.82) is 0 Å². The predicted molar refractivity (Wildman–Crippen MR) is 70.1 cm³/mol. The Morgan fingerprint density at radius 2 is 2.15 bits per heavy atom. The van der Waals surface area contributed by atoms with E-state index in [0.717, 1.165) is 0 Å². The number of para-hydroxylation sites is 1. The van der Waals surface area contributed by atoms with Gasteiger partial charge in [-0.1, -0.05) is 19.1 Å². The number of aliphatic carboxylic acids is 1. The second kappa shape index (κ2) is 5.32. The van der Waals surface area contributed by atoms with E-state index in [4.69, 9.17) is 9.52 Å². The Hall–Kier alpha value is -2.37. The van der Waals surface area contributed by atoms with Crippen LogP contribution in [0.25, 0.3) is 11.0 Å². The van der Waals surface area contributed by atoms with Gasteiger partial charge in [-0.15, -0.1) is 0 Å². The molecule has 0 fully saturated rings. The number of benzene rings is 1. The third-order valence-electron chi connectivity index (χ3n) is 3.13. The van der Waals surface area contributed by atoms with Crippen molar-refractivity contribution in [2.24, 2.45) is 0 Å². The summed E-state index contributed by atoms with van der Waals surface area (Å²) in [4.78, 5) is 22.9. The van der Waals surface area contributed by atoms with Crippen LogP contribution in [0, 0.1) is 12.7 Å². The predicted octanol–water partition coefficient (Wildman–Crippen LogP) is 2.47. The highest BCUT2D eigenvalue weighted by Crippen LogP contribution is 2.27. The van der Waals surface area contributed by atoms with Gasteiger partial charge in [0.1, 0.15) is 6.04 Å². The molecule has 1 heterocycles. The molecule has 0 bridgehead atoms. The Kier molecular flexibility index (Phi) is 3.74. The molecule has 1 atom stereocenters. The average Bonchev–Trinajstić information content (AvgIpc) is 2.75. The first-order valence-corrected chi connectivity index (χ1v) is 6.17. The zero-order valence-corrected chi connectivity index (χ0v) is 11.1. The molecule has 0 aliphatic heterocycles. The summed E-state index contributed by atoms with van der Waals surface area (Å²) in [5.41, 5.74) is 0.482.